The molecular weight excluding hydrogens is 464 g/mol. The number of nitrogens with one attached hydrogen (secondary N) is 1. The fourth-order valence-corrected chi connectivity index (χ4v) is 4.77. The first-order valence-electron chi connectivity index (χ1n) is 11.1. The quantitative estimate of drug-likeness (QED) is 0.287. The summed E-state index contributed by atoms with van der Waals surface area (Å²) in [6.07, 6.45) is 0. The SMILES string of the molecule is O=C(Nc1ccc(-c2csc(-c3ccccc3)n2)cc1)c1ccc(N2CCOCC2)c([N+](=O)[O-])c1. The molecule has 0 aliphatic carbocycles. The Kier molecular flexibility index (Phi) is 6.51. The van der Waals surface area contributed by atoms with Crippen LogP contribution in [0.15, 0.2) is 78.2 Å². The minimum absolute atomic E-state index is 0.0901. The van der Waals surface area contributed by atoms with Gasteiger partial charge in [-0.05, 0) is 24.3 Å². The first-order chi connectivity index (χ1) is 17.1. The molecule has 35 heavy (non-hydrogen) atoms. The Bertz CT molecular complexity index is 1350. The van der Waals surface area contributed by atoms with Crippen molar-refractivity contribution >= 4 is 34.3 Å². The summed E-state index contributed by atoms with van der Waals surface area (Å²) in [6, 6.07) is 21.9. The van der Waals surface area contributed by atoms with Crippen molar-refractivity contribution in [2.24, 2.45) is 0 Å². The molecule has 5 rings (SSSR count). The van der Waals surface area contributed by atoms with Gasteiger partial charge in [0.2, 0.25) is 0 Å². The summed E-state index contributed by atoms with van der Waals surface area (Å²) in [5, 5.41) is 17.4. The average Bonchev–Trinajstić information content (AvgIpc) is 3.40. The number of nitrogens with zero attached hydrogens (tertiary/aromatic N) is 3. The molecule has 4 aromatic rings. The van der Waals surface area contributed by atoms with Crippen LogP contribution in [0, 0.1) is 10.1 Å². The van der Waals surface area contributed by atoms with Gasteiger partial charge in [0.15, 0.2) is 0 Å². The van der Waals surface area contributed by atoms with E-state index in [0.717, 1.165) is 21.8 Å². The lowest BCUT2D eigenvalue weighted by molar-refractivity contribution is -0.384. The summed E-state index contributed by atoms with van der Waals surface area (Å²) in [5.74, 6) is -0.408. The number of nitro groups is 1. The molecule has 1 aromatic heterocycles. The lowest BCUT2D eigenvalue weighted by atomic mass is 10.1. The Hall–Kier alpha value is -4.08. The van der Waals surface area contributed by atoms with E-state index in [2.05, 4.69) is 5.32 Å². The molecule has 1 saturated heterocycles. The number of rotatable bonds is 6. The zero-order valence-corrected chi connectivity index (χ0v) is 19.5. The first kappa shape index (κ1) is 22.7. The highest BCUT2D eigenvalue weighted by Gasteiger charge is 2.23. The minimum Gasteiger partial charge on any atom is -0.378 e. The van der Waals surface area contributed by atoms with Crippen LogP contribution < -0.4 is 10.2 Å². The number of carbonyl (C=O) groups excluding carboxylic acids is 1. The van der Waals surface area contributed by atoms with Crippen molar-refractivity contribution in [1.82, 2.24) is 4.98 Å². The Morgan fingerprint density at radius 1 is 1.00 bits per heavy atom. The normalized spacial score (nSPS) is 13.4. The van der Waals surface area contributed by atoms with Crippen molar-refractivity contribution < 1.29 is 14.5 Å². The highest BCUT2D eigenvalue weighted by molar-refractivity contribution is 7.13. The van der Waals surface area contributed by atoms with E-state index in [9.17, 15) is 14.9 Å². The summed E-state index contributed by atoms with van der Waals surface area (Å²) < 4.78 is 5.33. The molecular formula is C26H22N4O4S. The molecule has 1 aliphatic rings. The number of amides is 1. The third-order valence-corrected chi connectivity index (χ3v) is 6.64. The Labute approximate surface area is 206 Å². The standard InChI is InChI=1S/C26H22N4O4S/c31-25(20-8-11-23(24(16-20)30(32)33)29-12-14-34-15-13-29)27-21-9-6-18(7-10-21)22-17-35-26(28-22)19-4-2-1-3-5-19/h1-11,16-17H,12-15H2,(H,27,31). The zero-order chi connectivity index (χ0) is 24.2. The fraction of sp³-hybridized carbons (Fsp3) is 0.154. The molecule has 1 aliphatic heterocycles. The first-order valence-corrected chi connectivity index (χ1v) is 12.0. The van der Waals surface area contributed by atoms with E-state index < -0.39 is 10.8 Å². The van der Waals surface area contributed by atoms with Gasteiger partial charge in [-0.25, -0.2) is 4.98 Å². The second kappa shape index (κ2) is 10.0. The summed E-state index contributed by atoms with van der Waals surface area (Å²) in [4.78, 5) is 30.7. The van der Waals surface area contributed by atoms with E-state index in [-0.39, 0.29) is 11.3 Å². The number of ether oxygens (including phenoxy) is 1. The molecule has 0 unspecified atom stereocenters. The van der Waals surface area contributed by atoms with Crippen LogP contribution in [0.2, 0.25) is 0 Å². The molecule has 0 saturated carbocycles. The number of hydrogen-bond acceptors (Lipinski definition) is 7. The number of carbonyl (C=O) groups is 1. The van der Waals surface area contributed by atoms with Crippen LogP contribution in [0.3, 0.4) is 0 Å². The molecule has 0 bridgehead atoms. The van der Waals surface area contributed by atoms with Gasteiger partial charge in [0.1, 0.15) is 10.7 Å². The number of aromatic nitrogens is 1. The lowest BCUT2D eigenvalue weighted by Gasteiger charge is -2.28. The predicted octanol–water partition coefficient (Wildman–Crippen LogP) is 5.47. The maximum atomic E-state index is 12.8. The van der Waals surface area contributed by atoms with E-state index in [1.165, 1.54) is 6.07 Å². The van der Waals surface area contributed by atoms with E-state index >= 15 is 0 Å². The second-order valence-corrected chi connectivity index (χ2v) is 8.85. The topological polar surface area (TPSA) is 97.6 Å². The van der Waals surface area contributed by atoms with E-state index in [4.69, 9.17) is 9.72 Å². The van der Waals surface area contributed by atoms with Crippen LogP contribution in [-0.4, -0.2) is 42.1 Å². The lowest BCUT2D eigenvalue weighted by Crippen LogP contribution is -2.36. The molecule has 1 fully saturated rings. The zero-order valence-electron chi connectivity index (χ0n) is 18.7. The Morgan fingerprint density at radius 2 is 1.74 bits per heavy atom. The molecule has 1 amide bonds. The molecule has 2 heterocycles. The number of morpholine rings is 1. The van der Waals surface area contributed by atoms with Gasteiger partial charge < -0.3 is 15.0 Å². The number of anilines is 2. The molecule has 9 heteroatoms. The van der Waals surface area contributed by atoms with Gasteiger partial charge in [0, 0.05) is 46.9 Å². The van der Waals surface area contributed by atoms with Crippen LogP contribution in [0.1, 0.15) is 10.4 Å². The number of hydrogen-bond donors (Lipinski definition) is 1. The summed E-state index contributed by atoms with van der Waals surface area (Å²) in [7, 11) is 0. The predicted molar refractivity (Wildman–Crippen MR) is 137 cm³/mol. The third-order valence-electron chi connectivity index (χ3n) is 5.75. The summed E-state index contributed by atoms with van der Waals surface area (Å²) >= 11 is 1.58. The van der Waals surface area contributed by atoms with Crippen molar-refractivity contribution in [2.75, 3.05) is 36.5 Å². The molecule has 3 aromatic carbocycles. The van der Waals surface area contributed by atoms with E-state index in [1.807, 2.05) is 52.7 Å². The van der Waals surface area contributed by atoms with Gasteiger partial charge in [-0.3, -0.25) is 14.9 Å². The van der Waals surface area contributed by atoms with Crippen LogP contribution in [0.5, 0.6) is 0 Å². The maximum absolute atomic E-state index is 12.8. The van der Waals surface area contributed by atoms with Crippen LogP contribution in [0.4, 0.5) is 17.1 Å². The third kappa shape index (κ3) is 5.06. The van der Waals surface area contributed by atoms with Crippen molar-refractivity contribution in [3.05, 3.63) is 93.9 Å². The molecule has 8 nitrogen and oxygen atoms in total. The van der Waals surface area contributed by atoms with Crippen LogP contribution in [-0.2, 0) is 4.74 Å². The van der Waals surface area contributed by atoms with Gasteiger partial charge in [-0.2, -0.15) is 0 Å². The molecule has 0 radical (unpaired) electrons. The second-order valence-electron chi connectivity index (χ2n) is 8.00. The maximum Gasteiger partial charge on any atom is 0.293 e. The Balaban J connectivity index is 1.30. The number of nitro benzene ring substituents is 1. The van der Waals surface area contributed by atoms with Crippen LogP contribution >= 0.6 is 11.3 Å². The average molecular weight is 487 g/mol. The van der Waals surface area contributed by atoms with Gasteiger partial charge in [-0.1, -0.05) is 42.5 Å². The van der Waals surface area contributed by atoms with Crippen LogP contribution in [0.25, 0.3) is 21.8 Å². The molecule has 0 atom stereocenters. The van der Waals surface area contributed by atoms with Crippen molar-refractivity contribution in [3.8, 4) is 21.8 Å². The number of thiazole rings is 1. The van der Waals surface area contributed by atoms with Gasteiger partial charge in [0.05, 0.1) is 23.8 Å². The van der Waals surface area contributed by atoms with Crippen molar-refractivity contribution in [2.45, 2.75) is 0 Å². The summed E-state index contributed by atoms with van der Waals surface area (Å²) in [5.41, 5.74) is 4.10. The smallest absolute Gasteiger partial charge is 0.293 e. The van der Waals surface area contributed by atoms with Crippen molar-refractivity contribution in [1.29, 1.82) is 0 Å². The van der Waals surface area contributed by atoms with E-state index in [0.29, 0.717) is 37.7 Å². The van der Waals surface area contributed by atoms with Gasteiger partial charge >= 0.3 is 0 Å². The Morgan fingerprint density at radius 3 is 2.46 bits per heavy atom. The fourth-order valence-electron chi connectivity index (χ4n) is 3.93. The molecule has 0 spiro atoms. The summed E-state index contributed by atoms with van der Waals surface area (Å²) in [6.45, 7) is 2.18. The molecule has 176 valence electrons. The van der Waals surface area contributed by atoms with Crippen molar-refractivity contribution in [3.63, 3.8) is 0 Å². The van der Waals surface area contributed by atoms with Gasteiger partial charge in [0.25, 0.3) is 11.6 Å². The van der Waals surface area contributed by atoms with Gasteiger partial charge in [-0.15, -0.1) is 11.3 Å². The highest BCUT2D eigenvalue weighted by atomic mass is 32.1. The minimum atomic E-state index is -0.450. The largest absolute Gasteiger partial charge is 0.378 e. The van der Waals surface area contributed by atoms with E-state index in [1.54, 1.807) is 35.6 Å². The number of benzene rings is 3. The highest BCUT2D eigenvalue weighted by Crippen LogP contribution is 2.31. The monoisotopic (exact) mass is 486 g/mol. The molecule has 1 N–H and O–H groups in total.